The topological polar surface area (TPSA) is 93.5 Å². The lowest BCUT2D eigenvalue weighted by Crippen LogP contribution is -2.42. The quantitative estimate of drug-likeness (QED) is 0.698. The Balaban J connectivity index is 1.42. The average molecular weight is 467 g/mol. The summed E-state index contributed by atoms with van der Waals surface area (Å²) in [6.07, 6.45) is 5.82. The van der Waals surface area contributed by atoms with Gasteiger partial charge in [-0.15, -0.1) is 0 Å². The molecule has 0 bridgehead atoms. The van der Waals surface area contributed by atoms with Gasteiger partial charge in [0, 0.05) is 49.7 Å². The van der Waals surface area contributed by atoms with Crippen molar-refractivity contribution in [3.63, 3.8) is 0 Å². The van der Waals surface area contributed by atoms with Crippen molar-refractivity contribution in [3.05, 3.63) is 52.3 Å². The number of carbonyl (C=O) groups excluding carboxylic acids is 1. The van der Waals surface area contributed by atoms with Gasteiger partial charge in [0.05, 0.1) is 24.1 Å². The second-order valence-electron chi connectivity index (χ2n) is 8.36. The lowest BCUT2D eigenvalue weighted by molar-refractivity contribution is -0.150. The molecule has 2 aliphatic heterocycles. The van der Waals surface area contributed by atoms with Crippen molar-refractivity contribution in [2.75, 3.05) is 32.1 Å². The molecule has 1 saturated heterocycles. The van der Waals surface area contributed by atoms with Gasteiger partial charge in [0.15, 0.2) is 6.10 Å². The number of hydrogen-bond acceptors (Lipinski definition) is 6. The highest BCUT2D eigenvalue weighted by Crippen LogP contribution is 2.50. The zero-order valence-electron chi connectivity index (χ0n) is 17.7. The molecule has 1 aromatic heterocycles. The monoisotopic (exact) mass is 466 g/mol. The first-order chi connectivity index (χ1) is 14.7. The van der Waals surface area contributed by atoms with E-state index >= 15 is 0 Å². The molecule has 1 N–H and O–H groups in total. The van der Waals surface area contributed by atoms with Crippen molar-refractivity contribution in [3.8, 4) is 0 Å². The Morgan fingerprint density at radius 2 is 2.10 bits per heavy atom. The molecule has 4 rings (SSSR count). The number of piperidine rings is 1. The molecular weight excluding hydrogens is 440 g/mol. The molecule has 168 valence electrons. The summed E-state index contributed by atoms with van der Waals surface area (Å²) in [5, 5.41) is 7.61. The number of nitrogens with zero attached hydrogens (tertiary/aromatic N) is 3. The zero-order valence-corrected chi connectivity index (χ0v) is 19.2. The van der Waals surface area contributed by atoms with E-state index in [-0.39, 0.29) is 11.7 Å². The first-order valence-electron chi connectivity index (χ1n) is 10.3. The van der Waals surface area contributed by atoms with Crippen LogP contribution in [0.25, 0.3) is 0 Å². The fourth-order valence-electron chi connectivity index (χ4n) is 4.42. The van der Waals surface area contributed by atoms with Crippen LogP contribution < -0.4 is 5.32 Å². The van der Waals surface area contributed by atoms with E-state index in [1.807, 2.05) is 18.3 Å². The Morgan fingerprint density at radius 3 is 2.77 bits per heavy atom. The zero-order chi connectivity index (χ0) is 22.2. The van der Waals surface area contributed by atoms with Crippen molar-refractivity contribution in [1.29, 1.82) is 0 Å². The van der Waals surface area contributed by atoms with Crippen molar-refractivity contribution in [2.24, 2.45) is 0 Å². The molecule has 1 spiro atoms. The van der Waals surface area contributed by atoms with E-state index in [0.29, 0.717) is 11.6 Å². The lowest BCUT2D eigenvalue weighted by atomic mass is 9.83. The summed E-state index contributed by atoms with van der Waals surface area (Å²) in [6.45, 7) is 2.70. The minimum absolute atomic E-state index is 0.0756. The molecule has 1 fully saturated rings. The number of aryl methyl sites for hydroxylation is 1. The summed E-state index contributed by atoms with van der Waals surface area (Å²) in [4.78, 5) is 14.7. The molecule has 10 heteroatoms. The third-order valence-corrected chi connectivity index (χ3v) is 7.22. The van der Waals surface area contributed by atoms with Crippen molar-refractivity contribution in [2.45, 2.75) is 37.6 Å². The van der Waals surface area contributed by atoms with Gasteiger partial charge in [-0.3, -0.25) is 14.4 Å². The second kappa shape index (κ2) is 8.54. The first-order valence-corrected chi connectivity index (χ1v) is 12.7. The number of fused-ring (bicyclic) bond motifs is 2. The van der Waals surface area contributed by atoms with E-state index in [9.17, 15) is 13.2 Å². The maximum atomic E-state index is 12.4. The molecule has 1 aromatic carbocycles. The predicted octanol–water partition coefficient (Wildman–Crippen LogP) is 1.89. The van der Waals surface area contributed by atoms with Crippen LogP contribution in [0.15, 0.2) is 30.6 Å². The molecule has 0 saturated carbocycles. The SMILES string of the molecule is CNC(=O)C1OC2(CCN(Cc3cnn(CCS(C)(=O)=O)c3)CC2)c2cc(Cl)ccc21. The maximum absolute atomic E-state index is 12.4. The van der Waals surface area contributed by atoms with Crippen LogP contribution in [-0.2, 0) is 38.1 Å². The number of hydrogen-bond donors (Lipinski definition) is 1. The Hall–Kier alpha value is -1.94. The van der Waals surface area contributed by atoms with Crippen LogP contribution in [0, 0.1) is 0 Å². The minimum Gasteiger partial charge on any atom is -0.357 e. The first kappa shape index (κ1) is 22.3. The number of nitrogens with one attached hydrogen (secondary N) is 1. The van der Waals surface area contributed by atoms with Crippen molar-refractivity contribution in [1.82, 2.24) is 20.0 Å². The summed E-state index contributed by atoms with van der Waals surface area (Å²) in [5.74, 6) is -0.0732. The van der Waals surface area contributed by atoms with Crippen LogP contribution in [0.3, 0.4) is 0 Å². The Bertz CT molecular complexity index is 1080. The molecule has 1 atom stereocenters. The number of likely N-dealkylation sites (N-methyl/N-ethyl adjacent to an activating group) is 1. The fraction of sp³-hybridized carbons (Fsp3) is 0.524. The number of halogens is 1. The van der Waals surface area contributed by atoms with Crippen LogP contribution in [0.1, 0.15) is 35.6 Å². The van der Waals surface area contributed by atoms with Gasteiger partial charge in [-0.1, -0.05) is 17.7 Å². The molecule has 3 heterocycles. The summed E-state index contributed by atoms with van der Waals surface area (Å²) < 4.78 is 30.7. The standard InChI is InChI=1S/C21H27ClN4O4S/c1-23-20(27)19-17-4-3-16(22)11-18(17)21(30-19)5-7-25(8-6-21)13-15-12-24-26(14-15)9-10-31(2,28)29/h3-4,11-12,14,19H,5-10,13H2,1-2H3,(H,23,27). The van der Waals surface area contributed by atoms with Crippen LogP contribution in [0.2, 0.25) is 5.02 Å². The van der Waals surface area contributed by atoms with Crippen LogP contribution in [0.5, 0.6) is 0 Å². The number of sulfone groups is 1. The minimum atomic E-state index is -3.02. The third-order valence-electron chi connectivity index (χ3n) is 6.06. The Labute approximate surface area is 187 Å². The van der Waals surface area contributed by atoms with Crippen LogP contribution in [-0.4, -0.2) is 61.2 Å². The number of amides is 1. The van der Waals surface area contributed by atoms with E-state index < -0.39 is 21.5 Å². The summed E-state index contributed by atoms with van der Waals surface area (Å²) >= 11 is 6.27. The predicted molar refractivity (Wildman–Crippen MR) is 117 cm³/mol. The van der Waals surface area contributed by atoms with E-state index in [1.165, 1.54) is 6.26 Å². The molecule has 2 aliphatic rings. The average Bonchev–Trinajstić information content (AvgIpc) is 3.30. The third kappa shape index (κ3) is 4.79. The highest BCUT2D eigenvalue weighted by molar-refractivity contribution is 7.90. The normalized spacial score (nSPS) is 20.7. The highest BCUT2D eigenvalue weighted by Gasteiger charge is 2.48. The van der Waals surface area contributed by atoms with E-state index in [1.54, 1.807) is 24.0 Å². The molecule has 2 aromatic rings. The molecule has 0 aliphatic carbocycles. The molecule has 1 unspecified atom stereocenters. The van der Waals surface area contributed by atoms with Gasteiger partial charge >= 0.3 is 0 Å². The van der Waals surface area contributed by atoms with Gasteiger partial charge in [-0.25, -0.2) is 8.42 Å². The molecule has 0 radical (unpaired) electrons. The van der Waals surface area contributed by atoms with Gasteiger partial charge in [0.25, 0.3) is 5.91 Å². The summed E-state index contributed by atoms with van der Waals surface area (Å²) in [7, 11) is -1.40. The van der Waals surface area contributed by atoms with E-state index in [4.69, 9.17) is 16.3 Å². The Kier molecular flexibility index (Phi) is 6.13. The molecular formula is C21H27ClN4O4S. The van der Waals surface area contributed by atoms with Gasteiger partial charge in [-0.2, -0.15) is 5.10 Å². The van der Waals surface area contributed by atoms with Gasteiger partial charge in [-0.05, 0) is 36.1 Å². The van der Waals surface area contributed by atoms with Crippen LogP contribution in [0.4, 0.5) is 0 Å². The van der Waals surface area contributed by atoms with Crippen molar-refractivity contribution >= 4 is 27.3 Å². The molecule has 31 heavy (non-hydrogen) atoms. The number of carbonyl (C=O) groups is 1. The van der Waals surface area contributed by atoms with E-state index in [2.05, 4.69) is 15.3 Å². The lowest BCUT2D eigenvalue weighted by Gasteiger charge is -2.39. The molecule has 8 nitrogen and oxygen atoms in total. The smallest absolute Gasteiger partial charge is 0.253 e. The Morgan fingerprint density at radius 1 is 1.35 bits per heavy atom. The number of aromatic nitrogens is 2. The number of ether oxygens (including phenoxy) is 1. The van der Waals surface area contributed by atoms with Gasteiger partial charge in [0.1, 0.15) is 9.84 Å². The second-order valence-corrected chi connectivity index (χ2v) is 11.1. The number of rotatable bonds is 6. The largest absolute Gasteiger partial charge is 0.357 e. The maximum Gasteiger partial charge on any atom is 0.253 e. The fourth-order valence-corrected chi connectivity index (χ4v) is 5.11. The van der Waals surface area contributed by atoms with E-state index in [0.717, 1.165) is 49.2 Å². The van der Waals surface area contributed by atoms with Crippen LogP contribution >= 0.6 is 11.6 Å². The highest BCUT2D eigenvalue weighted by atomic mass is 35.5. The molecule has 1 amide bonds. The van der Waals surface area contributed by atoms with Gasteiger partial charge < -0.3 is 10.1 Å². The summed E-state index contributed by atoms with van der Waals surface area (Å²) in [5.41, 5.74) is 2.45. The summed E-state index contributed by atoms with van der Waals surface area (Å²) in [6, 6.07) is 5.63. The number of benzene rings is 1. The van der Waals surface area contributed by atoms with Crippen molar-refractivity contribution < 1.29 is 17.9 Å². The number of likely N-dealkylation sites (tertiary alicyclic amines) is 1. The van der Waals surface area contributed by atoms with Gasteiger partial charge in [0.2, 0.25) is 0 Å².